The van der Waals surface area contributed by atoms with E-state index in [-0.39, 0.29) is 42.6 Å². The second-order valence-electron chi connectivity index (χ2n) is 5.05. The molecular weight excluding hydrogens is 383 g/mol. The van der Waals surface area contributed by atoms with Gasteiger partial charge in [-0.25, -0.2) is 9.18 Å². The monoisotopic (exact) mass is 392 g/mol. The van der Waals surface area contributed by atoms with Crippen LogP contribution < -0.4 is 4.74 Å². The van der Waals surface area contributed by atoms with Gasteiger partial charge in [-0.05, 0) is 22.0 Å². The Morgan fingerprint density at radius 3 is 2.91 bits per heavy atom. The highest BCUT2D eigenvalue weighted by molar-refractivity contribution is 9.10. The molecular formula is C13H11BrClFN2O4. The van der Waals surface area contributed by atoms with Crippen molar-refractivity contribution in [2.75, 3.05) is 26.2 Å². The molecule has 1 N–H and O–H groups in total. The average molecular weight is 394 g/mol. The van der Waals surface area contributed by atoms with Crippen molar-refractivity contribution in [1.29, 1.82) is 0 Å². The maximum atomic E-state index is 14.2. The van der Waals surface area contributed by atoms with E-state index in [1.807, 2.05) is 0 Å². The van der Waals surface area contributed by atoms with Crippen molar-refractivity contribution in [3.63, 3.8) is 0 Å². The van der Waals surface area contributed by atoms with Crippen molar-refractivity contribution < 1.29 is 23.8 Å². The first-order chi connectivity index (χ1) is 10.4. The quantitative estimate of drug-likeness (QED) is 0.687. The van der Waals surface area contributed by atoms with E-state index >= 15 is 0 Å². The number of piperazine rings is 1. The van der Waals surface area contributed by atoms with Crippen LogP contribution in [0.3, 0.4) is 0 Å². The zero-order valence-corrected chi connectivity index (χ0v) is 13.5. The number of carbonyl (C=O) groups excluding carboxylic acids is 1. The SMILES string of the molecule is O=C(O)N1CCN2C(=O)c3c(F)cc(Br)c(Cl)c3OC[C@H]2C1. The molecule has 0 radical (unpaired) electrons. The molecule has 1 fully saturated rings. The smallest absolute Gasteiger partial charge is 0.407 e. The van der Waals surface area contributed by atoms with Crippen LogP contribution in [0, 0.1) is 5.82 Å². The van der Waals surface area contributed by atoms with Gasteiger partial charge < -0.3 is 19.6 Å². The predicted molar refractivity (Wildman–Crippen MR) is 79.0 cm³/mol. The van der Waals surface area contributed by atoms with Gasteiger partial charge in [0.2, 0.25) is 0 Å². The molecule has 0 aliphatic carbocycles. The van der Waals surface area contributed by atoms with Crippen LogP contribution >= 0.6 is 27.5 Å². The topological polar surface area (TPSA) is 70.1 Å². The number of hydrogen-bond acceptors (Lipinski definition) is 3. The molecule has 1 aromatic carbocycles. The van der Waals surface area contributed by atoms with Gasteiger partial charge in [-0.2, -0.15) is 0 Å². The number of carboxylic acid groups (broad SMARTS) is 1. The fourth-order valence-corrected chi connectivity index (χ4v) is 3.26. The Hall–Kier alpha value is -1.54. The van der Waals surface area contributed by atoms with E-state index in [1.165, 1.54) is 9.80 Å². The third-order valence-electron chi connectivity index (χ3n) is 3.78. The lowest BCUT2D eigenvalue weighted by atomic mass is 10.1. The van der Waals surface area contributed by atoms with Crippen LogP contribution in [-0.2, 0) is 0 Å². The summed E-state index contributed by atoms with van der Waals surface area (Å²) in [5, 5.41) is 9.18. The molecule has 2 aliphatic rings. The normalized spacial score (nSPS) is 20.9. The van der Waals surface area contributed by atoms with Gasteiger partial charge in [0.1, 0.15) is 18.0 Å². The zero-order chi connectivity index (χ0) is 16.0. The van der Waals surface area contributed by atoms with Crippen LogP contribution in [0.15, 0.2) is 10.5 Å². The largest absolute Gasteiger partial charge is 0.489 e. The molecule has 2 aliphatic heterocycles. The number of amides is 2. The first kappa shape index (κ1) is 15.4. The summed E-state index contributed by atoms with van der Waals surface area (Å²) in [6, 6.07) is 0.648. The highest BCUT2D eigenvalue weighted by atomic mass is 79.9. The Balaban J connectivity index is 2.00. The minimum Gasteiger partial charge on any atom is -0.489 e. The van der Waals surface area contributed by atoms with Gasteiger partial charge in [0.25, 0.3) is 5.91 Å². The molecule has 9 heteroatoms. The lowest BCUT2D eigenvalue weighted by molar-refractivity contribution is 0.0388. The molecule has 1 aromatic rings. The molecule has 118 valence electrons. The third-order valence-corrected chi connectivity index (χ3v) is 5.01. The summed E-state index contributed by atoms with van der Waals surface area (Å²) < 4.78 is 20.0. The molecule has 6 nitrogen and oxygen atoms in total. The highest BCUT2D eigenvalue weighted by Gasteiger charge is 2.39. The zero-order valence-electron chi connectivity index (χ0n) is 11.2. The van der Waals surface area contributed by atoms with Gasteiger partial charge in [0, 0.05) is 24.1 Å². The van der Waals surface area contributed by atoms with Crippen molar-refractivity contribution in [3.8, 4) is 5.75 Å². The van der Waals surface area contributed by atoms with Crippen LogP contribution in [0.4, 0.5) is 9.18 Å². The van der Waals surface area contributed by atoms with E-state index < -0.39 is 23.9 Å². The van der Waals surface area contributed by atoms with Crippen LogP contribution in [0.1, 0.15) is 10.4 Å². The van der Waals surface area contributed by atoms with Crippen LogP contribution in [0.2, 0.25) is 5.02 Å². The Labute approximate surface area is 138 Å². The van der Waals surface area contributed by atoms with E-state index in [9.17, 15) is 14.0 Å². The lowest BCUT2D eigenvalue weighted by Gasteiger charge is -2.38. The number of ether oxygens (including phenoxy) is 1. The Morgan fingerprint density at radius 2 is 2.23 bits per heavy atom. The van der Waals surface area contributed by atoms with Gasteiger partial charge in [0.05, 0.1) is 11.1 Å². The molecule has 0 saturated carbocycles. The Bertz CT molecular complexity index is 672. The number of hydrogen-bond donors (Lipinski definition) is 1. The minimum atomic E-state index is -1.05. The highest BCUT2D eigenvalue weighted by Crippen LogP contribution is 2.39. The molecule has 2 heterocycles. The summed E-state index contributed by atoms with van der Waals surface area (Å²) in [5.74, 6) is -1.26. The van der Waals surface area contributed by atoms with Gasteiger partial charge in [-0.15, -0.1) is 0 Å². The summed E-state index contributed by atoms with van der Waals surface area (Å²) in [6.45, 7) is 0.540. The summed E-state index contributed by atoms with van der Waals surface area (Å²) in [4.78, 5) is 26.3. The molecule has 3 rings (SSSR count). The molecule has 0 aromatic heterocycles. The molecule has 0 unspecified atom stereocenters. The van der Waals surface area contributed by atoms with E-state index in [0.717, 1.165) is 6.07 Å². The number of nitrogens with zero attached hydrogens (tertiary/aromatic N) is 2. The molecule has 1 saturated heterocycles. The van der Waals surface area contributed by atoms with Crippen molar-refractivity contribution in [2.45, 2.75) is 6.04 Å². The number of benzene rings is 1. The second kappa shape index (κ2) is 5.58. The molecule has 1 atom stereocenters. The molecule has 0 spiro atoms. The fourth-order valence-electron chi connectivity index (χ4n) is 2.67. The second-order valence-corrected chi connectivity index (χ2v) is 6.28. The maximum absolute atomic E-state index is 14.2. The minimum absolute atomic E-state index is 0.00480. The molecule has 2 amide bonds. The average Bonchev–Trinajstić information content (AvgIpc) is 2.62. The van der Waals surface area contributed by atoms with E-state index in [0.29, 0.717) is 4.47 Å². The van der Waals surface area contributed by atoms with Crippen LogP contribution in [0.5, 0.6) is 5.75 Å². The van der Waals surface area contributed by atoms with Crippen LogP contribution in [-0.4, -0.2) is 59.2 Å². The summed E-state index contributed by atoms with van der Waals surface area (Å²) >= 11 is 9.20. The van der Waals surface area contributed by atoms with E-state index in [1.54, 1.807) is 0 Å². The predicted octanol–water partition coefficient (Wildman–Crippen LogP) is 2.44. The standard InChI is InChI=1S/C13H11BrClFN2O4/c14-7-3-8(16)9-11(10(7)15)22-5-6-4-17(13(20)21)1-2-18(6)12(9)19/h3,6H,1-2,4-5H2,(H,20,21)/t6-/m1/s1. The summed E-state index contributed by atoms with van der Waals surface area (Å²) in [5.41, 5.74) is -0.209. The number of halogens is 3. The fraction of sp³-hybridized carbons (Fsp3) is 0.385. The lowest BCUT2D eigenvalue weighted by Crippen LogP contribution is -2.57. The van der Waals surface area contributed by atoms with Crippen molar-refractivity contribution in [2.24, 2.45) is 0 Å². The van der Waals surface area contributed by atoms with E-state index in [2.05, 4.69) is 15.9 Å². The van der Waals surface area contributed by atoms with E-state index in [4.69, 9.17) is 21.4 Å². The maximum Gasteiger partial charge on any atom is 0.407 e. The number of carbonyl (C=O) groups is 2. The Morgan fingerprint density at radius 1 is 1.50 bits per heavy atom. The van der Waals surface area contributed by atoms with Gasteiger partial charge >= 0.3 is 6.09 Å². The van der Waals surface area contributed by atoms with Gasteiger partial charge in [-0.1, -0.05) is 11.6 Å². The summed E-state index contributed by atoms with van der Waals surface area (Å²) in [6.07, 6.45) is -1.05. The van der Waals surface area contributed by atoms with Crippen LogP contribution in [0.25, 0.3) is 0 Å². The first-order valence-corrected chi connectivity index (χ1v) is 7.66. The van der Waals surface area contributed by atoms with Gasteiger partial charge in [-0.3, -0.25) is 4.79 Å². The number of fused-ring (bicyclic) bond motifs is 2. The van der Waals surface area contributed by atoms with Crippen molar-refractivity contribution >= 4 is 39.5 Å². The summed E-state index contributed by atoms with van der Waals surface area (Å²) in [7, 11) is 0. The number of rotatable bonds is 0. The molecule has 22 heavy (non-hydrogen) atoms. The first-order valence-electron chi connectivity index (χ1n) is 6.49. The molecule has 0 bridgehead atoms. The Kier molecular flexibility index (Phi) is 3.90. The van der Waals surface area contributed by atoms with Crippen molar-refractivity contribution in [1.82, 2.24) is 9.80 Å². The van der Waals surface area contributed by atoms with Crippen molar-refractivity contribution in [3.05, 3.63) is 26.9 Å². The van der Waals surface area contributed by atoms with Gasteiger partial charge in [0.15, 0.2) is 5.75 Å². The third kappa shape index (κ3) is 2.40.